The minimum atomic E-state index is -0.360. The van der Waals surface area contributed by atoms with E-state index in [2.05, 4.69) is 6.92 Å². The van der Waals surface area contributed by atoms with E-state index < -0.39 is 0 Å². The van der Waals surface area contributed by atoms with Gasteiger partial charge in [0.2, 0.25) is 5.91 Å². The number of rotatable bonds is 1. The van der Waals surface area contributed by atoms with Gasteiger partial charge >= 0.3 is 0 Å². The van der Waals surface area contributed by atoms with Crippen molar-refractivity contribution in [1.82, 2.24) is 0 Å². The van der Waals surface area contributed by atoms with Gasteiger partial charge in [-0.3, -0.25) is 4.79 Å². The predicted octanol–water partition coefficient (Wildman–Crippen LogP) is 1.92. The summed E-state index contributed by atoms with van der Waals surface area (Å²) in [6.45, 7) is 2.22. The Bertz CT molecular complexity index is 487. The highest BCUT2D eigenvalue weighted by Crippen LogP contribution is 2.31. The molecule has 0 bridgehead atoms. The molecule has 0 saturated heterocycles. The largest absolute Gasteiger partial charge is 0.366 e. The first-order chi connectivity index (χ1) is 8.52. The molecule has 18 heavy (non-hydrogen) atoms. The summed E-state index contributed by atoms with van der Waals surface area (Å²) in [5.74, 6) is 0.0954. The Morgan fingerprint density at radius 1 is 1.44 bits per heavy atom. The van der Waals surface area contributed by atoms with Gasteiger partial charge in [0.25, 0.3) is 0 Å². The Hall–Kier alpha value is -0.955. The average molecular weight is 264 g/mol. The Balaban J connectivity index is 2.66. The van der Waals surface area contributed by atoms with Crippen LogP contribution in [-0.2, 0) is 6.42 Å². The summed E-state index contributed by atoms with van der Waals surface area (Å²) >= 11 is 6.25. The summed E-state index contributed by atoms with van der Waals surface area (Å²) in [7, 11) is 2.05. The molecule has 0 fully saturated rings. The quantitative estimate of drug-likeness (QED) is 0.773. The summed E-state index contributed by atoms with van der Waals surface area (Å²) in [6.07, 6.45) is 5.70. The van der Waals surface area contributed by atoms with Crippen LogP contribution in [0.3, 0.4) is 0 Å². The number of fused-ring (bicyclic) bond motifs is 1. The molecule has 0 radical (unpaired) electrons. The van der Waals surface area contributed by atoms with Crippen molar-refractivity contribution >= 4 is 30.8 Å². The van der Waals surface area contributed by atoms with Crippen LogP contribution >= 0.6 is 11.6 Å². The minimum absolute atomic E-state index is 0.360. The second kappa shape index (κ2) is 5.35. The van der Waals surface area contributed by atoms with Gasteiger partial charge in [0.1, 0.15) is 7.85 Å². The molecule has 0 heterocycles. The molecule has 1 aliphatic rings. The highest BCUT2D eigenvalue weighted by atomic mass is 35.5. The molecule has 96 valence electrons. The van der Waals surface area contributed by atoms with Gasteiger partial charge in [-0.05, 0) is 42.4 Å². The van der Waals surface area contributed by atoms with Crippen molar-refractivity contribution in [3.8, 4) is 0 Å². The number of benzene rings is 1. The van der Waals surface area contributed by atoms with E-state index in [1.165, 1.54) is 18.4 Å². The van der Waals surface area contributed by atoms with Crippen LogP contribution < -0.4 is 11.2 Å². The topological polar surface area (TPSA) is 43.1 Å². The smallest absolute Gasteiger partial charge is 0.249 e. The number of carbonyl (C=O) groups is 1. The van der Waals surface area contributed by atoms with Crippen LogP contribution in [0.1, 0.15) is 60.0 Å². The van der Waals surface area contributed by atoms with E-state index in [0.717, 1.165) is 30.3 Å². The second-order valence-corrected chi connectivity index (χ2v) is 5.70. The molecule has 1 aliphatic carbocycles. The van der Waals surface area contributed by atoms with Gasteiger partial charge in [0, 0.05) is 10.6 Å². The zero-order valence-electron chi connectivity index (χ0n) is 11.1. The molecule has 4 heteroatoms. The van der Waals surface area contributed by atoms with Crippen LogP contribution in [-0.4, -0.2) is 13.8 Å². The molecule has 2 nitrogen and oxygen atoms in total. The zero-order valence-corrected chi connectivity index (χ0v) is 11.8. The van der Waals surface area contributed by atoms with Crippen LogP contribution in [0, 0.1) is 0 Å². The standard InChI is InChI=1S/C14H19BClNO/c1-8-5-3-2-4-6-9-10(14(17)18)7-11(16)13(15)12(8)9/h7-8H,2-6,15H2,1H3,(H2,17,18)/t8-/m0/s1. The average Bonchev–Trinajstić information content (AvgIpc) is 2.29. The summed E-state index contributed by atoms with van der Waals surface area (Å²) < 4.78 is 0. The lowest BCUT2D eigenvalue weighted by molar-refractivity contribution is 0.0999. The first-order valence-electron chi connectivity index (χ1n) is 6.64. The third-order valence-corrected chi connectivity index (χ3v) is 4.40. The van der Waals surface area contributed by atoms with Gasteiger partial charge < -0.3 is 5.73 Å². The Morgan fingerprint density at radius 2 is 2.17 bits per heavy atom. The van der Waals surface area contributed by atoms with E-state index in [1.807, 2.05) is 7.85 Å². The van der Waals surface area contributed by atoms with Crippen molar-refractivity contribution in [2.24, 2.45) is 5.73 Å². The van der Waals surface area contributed by atoms with Crippen molar-refractivity contribution in [2.45, 2.75) is 44.9 Å². The second-order valence-electron chi connectivity index (χ2n) is 5.29. The Morgan fingerprint density at radius 3 is 2.83 bits per heavy atom. The third-order valence-electron chi connectivity index (χ3n) is 4.01. The molecule has 0 aliphatic heterocycles. The van der Waals surface area contributed by atoms with Crippen LogP contribution in [0.4, 0.5) is 0 Å². The molecule has 2 rings (SSSR count). The minimum Gasteiger partial charge on any atom is -0.366 e. The molecule has 0 unspecified atom stereocenters. The number of nitrogens with two attached hydrogens (primary N) is 1. The fourth-order valence-electron chi connectivity index (χ4n) is 3.05. The molecule has 1 aromatic carbocycles. The summed E-state index contributed by atoms with van der Waals surface area (Å²) in [4.78, 5) is 11.6. The monoisotopic (exact) mass is 263 g/mol. The molecule has 0 saturated carbocycles. The van der Waals surface area contributed by atoms with E-state index >= 15 is 0 Å². The van der Waals surface area contributed by atoms with Crippen molar-refractivity contribution in [3.05, 3.63) is 27.8 Å². The van der Waals surface area contributed by atoms with Crippen molar-refractivity contribution < 1.29 is 4.79 Å². The van der Waals surface area contributed by atoms with Gasteiger partial charge in [-0.15, -0.1) is 0 Å². The number of halogens is 1. The van der Waals surface area contributed by atoms with Crippen LogP contribution in [0.25, 0.3) is 0 Å². The maximum atomic E-state index is 11.6. The fourth-order valence-corrected chi connectivity index (χ4v) is 3.26. The van der Waals surface area contributed by atoms with E-state index in [1.54, 1.807) is 6.07 Å². The van der Waals surface area contributed by atoms with Crippen LogP contribution in [0.5, 0.6) is 0 Å². The fraction of sp³-hybridized carbons (Fsp3) is 0.500. The normalized spacial score (nSPS) is 19.8. The lowest BCUT2D eigenvalue weighted by Crippen LogP contribution is -2.24. The van der Waals surface area contributed by atoms with Crippen molar-refractivity contribution in [3.63, 3.8) is 0 Å². The third kappa shape index (κ3) is 2.42. The number of amides is 1. The highest BCUT2D eigenvalue weighted by Gasteiger charge is 2.22. The van der Waals surface area contributed by atoms with Crippen molar-refractivity contribution in [1.29, 1.82) is 0 Å². The molecule has 2 N–H and O–H groups in total. The predicted molar refractivity (Wildman–Crippen MR) is 78.7 cm³/mol. The SMILES string of the molecule is Bc1c(Cl)cc(C(N)=O)c2c1[C@@H](C)CCCCC2. The van der Waals surface area contributed by atoms with Gasteiger partial charge in [0.15, 0.2) is 0 Å². The summed E-state index contributed by atoms with van der Waals surface area (Å²) in [6, 6.07) is 1.74. The van der Waals surface area contributed by atoms with Crippen LogP contribution in [0.15, 0.2) is 6.07 Å². The first-order valence-corrected chi connectivity index (χ1v) is 7.01. The highest BCUT2D eigenvalue weighted by molar-refractivity contribution is 6.46. The molecular weight excluding hydrogens is 244 g/mol. The number of primary amides is 1. The van der Waals surface area contributed by atoms with E-state index in [0.29, 0.717) is 16.5 Å². The van der Waals surface area contributed by atoms with Gasteiger partial charge in [-0.25, -0.2) is 0 Å². The maximum Gasteiger partial charge on any atom is 0.249 e. The maximum absolute atomic E-state index is 11.6. The molecule has 0 spiro atoms. The summed E-state index contributed by atoms with van der Waals surface area (Å²) in [5.41, 5.74) is 9.63. The van der Waals surface area contributed by atoms with Gasteiger partial charge in [-0.2, -0.15) is 0 Å². The van der Waals surface area contributed by atoms with E-state index in [-0.39, 0.29) is 5.91 Å². The first kappa shape index (κ1) is 13.5. The Kier molecular flexibility index (Phi) is 4.01. The lowest BCUT2D eigenvalue weighted by Gasteiger charge is -2.25. The lowest BCUT2D eigenvalue weighted by atomic mass is 9.76. The number of hydrogen-bond donors (Lipinski definition) is 1. The molecular formula is C14H19BClNO. The van der Waals surface area contributed by atoms with Crippen LogP contribution in [0.2, 0.25) is 5.02 Å². The molecule has 1 aromatic rings. The molecule has 1 atom stereocenters. The summed E-state index contributed by atoms with van der Waals surface area (Å²) in [5, 5.41) is 0.662. The van der Waals surface area contributed by atoms with Crippen molar-refractivity contribution in [2.75, 3.05) is 0 Å². The van der Waals surface area contributed by atoms with Gasteiger partial charge in [0.05, 0.1) is 0 Å². The van der Waals surface area contributed by atoms with Gasteiger partial charge in [-0.1, -0.05) is 36.8 Å². The zero-order chi connectivity index (χ0) is 13.3. The molecule has 1 amide bonds. The molecule has 0 aromatic heterocycles. The number of carbonyl (C=O) groups excluding carboxylic acids is 1. The number of hydrogen-bond acceptors (Lipinski definition) is 1. The van der Waals surface area contributed by atoms with E-state index in [9.17, 15) is 4.79 Å². The Labute approximate surface area is 114 Å². The van der Waals surface area contributed by atoms with E-state index in [4.69, 9.17) is 17.3 Å².